The topological polar surface area (TPSA) is 35.5 Å². The maximum atomic E-state index is 10.5. The van der Waals surface area contributed by atoms with Gasteiger partial charge in [0.25, 0.3) is 0 Å². The third kappa shape index (κ3) is 2.43. The third-order valence-corrected chi connectivity index (χ3v) is 1.93. The molecule has 1 aliphatic heterocycles. The van der Waals surface area contributed by atoms with Gasteiger partial charge in [0.1, 0.15) is 0 Å². The highest BCUT2D eigenvalue weighted by Gasteiger charge is 2.11. The molecule has 0 aliphatic carbocycles. The Labute approximate surface area is 57.2 Å². The Morgan fingerprint density at radius 2 is 2.33 bits per heavy atom. The predicted octanol–water partition coefficient (Wildman–Crippen LogP) is 0.638. The van der Waals surface area contributed by atoms with Crippen LogP contribution in [0.2, 0.25) is 0 Å². The minimum absolute atomic E-state index is 0.469. The smallest absolute Gasteiger partial charge is 0.268 e. The molecule has 0 amide bonds. The van der Waals surface area contributed by atoms with E-state index in [0.29, 0.717) is 19.1 Å². The summed E-state index contributed by atoms with van der Waals surface area (Å²) in [6.45, 7) is 3.15. The Balaban J connectivity index is 2.34. The molecule has 0 aromatic rings. The van der Waals surface area contributed by atoms with Crippen LogP contribution in [0.5, 0.6) is 0 Å². The molecule has 0 bridgehead atoms. The second kappa shape index (κ2) is 3.29. The van der Waals surface area contributed by atoms with Crippen LogP contribution in [0.25, 0.3) is 0 Å². The second-order valence-corrected chi connectivity index (χ2v) is 3.08. The van der Waals surface area contributed by atoms with Crippen LogP contribution in [0, 0.1) is 5.92 Å². The Hall–Kier alpha value is 0.0700. The van der Waals surface area contributed by atoms with Crippen LogP contribution in [0.1, 0.15) is 13.3 Å². The molecule has 2 unspecified atom stereocenters. The zero-order valence-electron chi connectivity index (χ0n) is 5.33. The zero-order valence-corrected chi connectivity index (χ0v) is 6.15. The summed E-state index contributed by atoms with van der Waals surface area (Å²) < 4.78 is 20.0. The van der Waals surface area contributed by atoms with Crippen LogP contribution < -0.4 is 0 Å². The van der Waals surface area contributed by atoms with Crippen molar-refractivity contribution in [2.45, 2.75) is 13.3 Å². The van der Waals surface area contributed by atoms with Gasteiger partial charge in [-0.25, -0.2) is 0 Å². The van der Waals surface area contributed by atoms with Crippen LogP contribution in [-0.2, 0) is 19.7 Å². The molecule has 3 nitrogen and oxygen atoms in total. The SMILES string of the molecule is CC1CCOS(=O)OC1. The Bertz CT molecular complexity index is 115. The van der Waals surface area contributed by atoms with Crippen LogP contribution in [0.4, 0.5) is 0 Å². The molecule has 0 N–H and O–H groups in total. The largest absolute Gasteiger partial charge is 0.304 e. The molecule has 9 heavy (non-hydrogen) atoms. The van der Waals surface area contributed by atoms with Crippen molar-refractivity contribution in [2.75, 3.05) is 13.2 Å². The van der Waals surface area contributed by atoms with Gasteiger partial charge in [0.15, 0.2) is 0 Å². The molecule has 1 saturated heterocycles. The fraction of sp³-hybridized carbons (Fsp3) is 1.00. The third-order valence-electron chi connectivity index (χ3n) is 1.24. The molecule has 1 heterocycles. The van der Waals surface area contributed by atoms with Gasteiger partial charge < -0.3 is 0 Å². The molecule has 0 radical (unpaired) electrons. The summed E-state index contributed by atoms with van der Waals surface area (Å²) in [4.78, 5) is 0. The molecule has 4 heteroatoms. The fourth-order valence-electron chi connectivity index (χ4n) is 0.606. The lowest BCUT2D eigenvalue weighted by Crippen LogP contribution is -2.02. The molecule has 54 valence electrons. The summed E-state index contributed by atoms with van der Waals surface area (Å²) in [5.74, 6) is 0.469. The van der Waals surface area contributed by atoms with Crippen molar-refractivity contribution >= 4 is 11.4 Å². The van der Waals surface area contributed by atoms with E-state index >= 15 is 0 Å². The summed E-state index contributed by atoms with van der Waals surface area (Å²) in [5.41, 5.74) is 0. The van der Waals surface area contributed by atoms with Gasteiger partial charge in [-0.05, 0) is 12.3 Å². The normalized spacial score (nSPS) is 37.9. The summed E-state index contributed by atoms with van der Waals surface area (Å²) >= 11 is -1.48. The lowest BCUT2D eigenvalue weighted by Gasteiger charge is -2.00. The van der Waals surface area contributed by atoms with E-state index in [4.69, 9.17) is 8.37 Å². The van der Waals surface area contributed by atoms with E-state index in [2.05, 4.69) is 0 Å². The average Bonchev–Trinajstić information content (AvgIpc) is 1.97. The maximum absolute atomic E-state index is 10.5. The van der Waals surface area contributed by atoms with Crippen LogP contribution in [0.3, 0.4) is 0 Å². The maximum Gasteiger partial charge on any atom is 0.304 e. The van der Waals surface area contributed by atoms with Crippen molar-refractivity contribution in [3.63, 3.8) is 0 Å². The average molecular weight is 150 g/mol. The zero-order chi connectivity index (χ0) is 6.69. The highest BCUT2D eigenvalue weighted by Crippen LogP contribution is 2.09. The first-order valence-corrected chi connectivity index (χ1v) is 3.97. The monoisotopic (exact) mass is 150 g/mol. The summed E-state index contributed by atoms with van der Waals surface area (Å²) in [6, 6.07) is 0. The summed E-state index contributed by atoms with van der Waals surface area (Å²) in [5, 5.41) is 0. The quantitative estimate of drug-likeness (QED) is 0.508. The first-order valence-electron chi connectivity index (χ1n) is 2.97. The molecular weight excluding hydrogens is 140 g/mol. The van der Waals surface area contributed by atoms with Gasteiger partial charge in [0.05, 0.1) is 13.2 Å². The van der Waals surface area contributed by atoms with Crippen molar-refractivity contribution in [3.05, 3.63) is 0 Å². The first-order chi connectivity index (χ1) is 4.29. The predicted molar refractivity (Wildman–Crippen MR) is 33.8 cm³/mol. The van der Waals surface area contributed by atoms with E-state index in [0.717, 1.165) is 6.42 Å². The van der Waals surface area contributed by atoms with Gasteiger partial charge in [-0.1, -0.05) is 6.92 Å². The Kier molecular flexibility index (Phi) is 2.63. The number of hydrogen-bond donors (Lipinski definition) is 0. The van der Waals surface area contributed by atoms with E-state index < -0.39 is 11.4 Å². The lowest BCUT2D eigenvalue weighted by atomic mass is 10.1. The molecule has 0 saturated carbocycles. The second-order valence-electron chi connectivity index (χ2n) is 2.20. The van der Waals surface area contributed by atoms with Crippen molar-refractivity contribution in [3.8, 4) is 0 Å². The van der Waals surface area contributed by atoms with Crippen molar-refractivity contribution in [1.29, 1.82) is 0 Å². The summed E-state index contributed by atoms with van der Waals surface area (Å²) in [7, 11) is 0. The van der Waals surface area contributed by atoms with Crippen molar-refractivity contribution in [2.24, 2.45) is 5.92 Å². The molecule has 0 aromatic heterocycles. The van der Waals surface area contributed by atoms with Gasteiger partial charge >= 0.3 is 11.4 Å². The van der Waals surface area contributed by atoms with Crippen LogP contribution in [0.15, 0.2) is 0 Å². The van der Waals surface area contributed by atoms with Crippen LogP contribution in [-0.4, -0.2) is 17.4 Å². The van der Waals surface area contributed by atoms with Crippen molar-refractivity contribution in [1.82, 2.24) is 0 Å². The Morgan fingerprint density at radius 3 is 3.11 bits per heavy atom. The van der Waals surface area contributed by atoms with E-state index in [1.165, 1.54) is 0 Å². The molecule has 1 fully saturated rings. The van der Waals surface area contributed by atoms with E-state index in [1.807, 2.05) is 6.92 Å². The summed E-state index contributed by atoms with van der Waals surface area (Å²) in [6.07, 6.45) is 0.936. The standard InChI is InChI=1S/C5H10O3S/c1-5-2-3-7-9(6)8-4-5/h5H,2-4H2,1H3. The lowest BCUT2D eigenvalue weighted by molar-refractivity contribution is 0.278. The van der Waals surface area contributed by atoms with Gasteiger partial charge in [0.2, 0.25) is 0 Å². The Morgan fingerprint density at radius 1 is 1.56 bits per heavy atom. The van der Waals surface area contributed by atoms with Gasteiger partial charge in [-0.15, -0.1) is 0 Å². The molecule has 0 aromatic carbocycles. The molecule has 2 atom stereocenters. The number of rotatable bonds is 0. The van der Waals surface area contributed by atoms with Crippen molar-refractivity contribution < 1.29 is 12.6 Å². The number of hydrogen-bond acceptors (Lipinski definition) is 3. The van der Waals surface area contributed by atoms with Gasteiger partial charge in [-0.2, -0.15) is 4.21 Å². The highest BCUT2D eigenvalue weighted by molar-refractivity contribution is 7.75. The molecule has 1 rings (SSSR count). The first kappa shape index (κ1) is 7.18. The van der Waals surface area contributed by atoms with Crippen LogP contribution >= 0.6 is 0 Å². The molecule has 0 spiro atoms. The fourth-order valence-corrected chi connectivity index (χ4v) is 1.25. The minimum atomic E-state index is -1.48. The van der Waals surface area contributed by atoms with E-state index in [1.54, 1.807) is 0 Å². The molecule has 1 aliphatic rings. The van der Waals surface area contributed by atoms with Gasteiger partial charge in [-0.3, -0.25) is 8.37 Å². The highest BCUT2D eigenvalue weighted by atomic mass is 32.2. The van der Waals surface area contributed by atoms with E-state index in [-0.39, 0.29) is 0 Å². The van der Waals surface area contributed by atoms with E-state index in [9.17, 15) is 4.21 Å². The minimum Gasteiger partial charge on any atom is -0.268 e. The molecular formula is C5H10O3S. The van der Waals surface area contributed by atoms with Gasteiger partial charge in [0, 0.05) is 0 Å².